The van der Waals surface area contributed by atoms with Crippen molar-refractivity contribution < 1.29 is 4.79 Å². The summed E-state index contributed by atoms with van der Waals surface area (Å²) in [7, 11) is 0. The number of anilines is 1. The topological polar surface area (TPSA) is 33.2 Å². The highest BCUT2D eigenvalue weighted by Gasteiger charge is 2.21. The summed E-state index contributed by atoms with van der Waals surface area (Å²) in [5, 5.41) is 1.30. The van der Waals surface area contributed by atoms with Crippen molar-refractivity contribution in [2.75, 3.05) is 4.90 Å². The first-order chi connectivity index (χ1) is 12.7. The van der Waals surface area contributed by atoms with Crippen LogP contribution in [-0.2, 0) is 6.54 Å². The molecule has 128 valence electrons. The highest BCUT2D eigenvalue weighted by molar-refractivity contribution is 7.22. The molecule has 4 rings (SSSR count). The Balaban J connectivity index is 1.75. The summed E-state index contributed by atoms with van der Waals surface area (Å²) in [5.41, 5.74) is 2.54. The average Bonchev–Trinajstić information content (AvgIpc) is 3.11. The number of carbonyl (C=O) groups excluding carboxylic acids is 1. The van der Waals surface area contributed by atoms with Gasteiger partial charge in [-0.05, 0) is 42.0 Å². The first kappa shape index (κ1) is 16.8. The van der Waals surface area contributed by atoms with Crippen LogP contribution in [0.25, 0.3) is 10.2 Å². The Labute approximate surface area is 160 Å². The van der Waals surface area contributed by atoms with Gasteiger partial charge in [-0.3, -0.25) is 9.69 Å². The molecule has 3 nitrogen and oxygen atoms in total. The number of halogens is 1. The average molecular weight is 379 g/mol. The van der Waals surface area contributed by atoms with E-state index in [1.807, 2.05) is 54.6 Å². The molecule has 0 N–H and O–H groups in total. The lowest BCUT2D eigenvalue weighted by atomic mass is 10.1. The van der Waals surface area contributed by atoms with E-state index in [1.165, 1.54) is 11.3 Å². The van der Waals surface area contributed by atoms with Crippen molar-refractivity contribution >= 4 is 44.2 Å². The maximum Gasteiger partial charge on any atom is 0.260 e. The van der Waals surface area contributed by atoms with E-state index < -0.39 is 0 Å². The Morgan fingerprint density at radius 3 is 2.35 bits per heavy atom. The standard InChI is InChI=1S/C21H15ClN2OS/c22-17-12-10-16(11-13-17)20(25)24(14-15-6-2-1-3-7-15)21-23-18-8-4-5-9-19(18)26-21/h1-13H,14H2. The molecule has 0 radical (unpaired) electrons. The van der Waals surface area contributed by atoms with E-state index in [1.54, 1.807) is 29.2 Å². The van der Waals surface area contributed by atoms with Gasteiger partial charge in [0.25, 0.3) is 5.91 Å². The van der Waals surface area contributed by atoms with E-state index in [-0.39, 0.29) is 5.91 Å². The van der Waals surface area contributed by atoms with Gasteiger partial charge in [0.1, 0.15) is 0 Å². The summed E-state index contributed by atoms with van der Waals surface area (Å²) in [6.45, 7) is 0.460. The maximum atomic E-state index is 13.2. The molecular weight excluding hydrogens is 364 g/mol. The van der Waals surface area contributed by atoms with E-state index in [4.69, 9.17) is 11.6 Å². The Morgan fingerprint density at radius 2 is 1.62 bits per heavy atom. The number of carbonyl (C=O) groups is 1. The molecule has 0 bridgehead atoms. The van der Waals surface area contributed by atoms with Gasteiger partial charge in [0.15, 0.2) is 5.13 Å². The number of hydrogen-bond acceptors (Lipinski definition) is 3. The second-order valence-corrected chi connectivity index (χ2v) is 7.29. The minimum absolute atomic E-state index is 0.0930. The zero-order valence-corrected chi connectivity index (χ0v) is 15.4. The lowest BCUT2D eigenvalue weighted by molar-refractivity contribution is 0.0985. The predicted molar refractivity (Wildman–Crippen MR) is 108 cm³/mol. The Morgan fingerprint density at radius 1 is 0.923 bits per heavy atom. The normalized spacial score (nSPS) is 10.8. The van der Waals surface area contributed by atoms with Crippen LogP contribution in [0.2, 0.25) is 5.02 Å². The first-order valence-electron chi connectivity index (χ1n) is 8.17. The van der Waals surface area contributed by atoms with Gasteiger partial charge in [0.05, 0.1) is 16.8 Å². The van der Waals surface area contributed by atoms with Crippen LogP contribution in [0.5, 0.6) is 0 Å². The van der Waals surface area contributed by atoms with E-state index in [0.29, 0.717) is 22.3 Å². The van der Waals surface area contributed by atoms with Gasteiger partial charge in [-0.1, -0.05) is 65.4 Å². The van der Waals surface area contributed by atoms with Crippen molar-refractivity contribution in [1.29, 1.82) is 0 Å². The molecule has 5 heteroatoms. The third kappa shape index (κ3) is 3.47. The van der Waals surface area contributed by atoms with E-state index in [9.17, 15) is 4.79 Å². The molecule has 0 aliphatic carbocycles. The van der Waals surface area contributed by atoms with Crippen LogP contribution in [0, 0.1) is 0 Å². The zero-order valence-electron chi connectivity index (χ0n) is 13.8. The van der Waals surface area contributed by atoms with Gasteiger partial charge in [0.2, 0.25) is 0 Å². The molecule has 4 aromatic rings. The zero-order chi connectivity index (χ0) is 17.9. The fraction of sp³-hybridized carbons (Fsp3) is 0.0476. The van der Waals surface area contributed by atoms with E-state index >= 15 is 0 Å². The molecule has 3 aromatic carbocycles. The number of fused-ring (bicyclic) bond motifs is 1. The molecule has 0 atom stereocenters. The molecule has 0 aliphatic heterocycles. The third-order valence-electron chi connectivity index (χ3n) is 4.03. The van der Waals surface area contributed by atoms with Crippen LogP contribution in [0.4, 0.5) is 5.13 Å². The second kappa shape index (κ2) is 7.28. The molecule has 0 aliphatic rings. The number of rotatable bonds is 4. The Hall–Kier alpha value is -2.69. The van der Waals surface area contributed by atoms with E-state index in [0.717, 1.165) is 15.8 Å². The van der Waals surface area contributed by atoms with Crippen LogP contribution in [0.1, 0.15) is 15.9 Å². The van der Waals surface area contributed by atoms with Crippen molar-refractivity contribution in [1.82, 2.24) is 4.98 Å². The number of aromatic nitrogens is 1. The minimum atomic E-state index is -0.0930. The van der Waals surface area contributed by atoms with Crippen molar-refractivity contribution in [2.24, 2.45) is 0 Å². The monoisotopic (exact) mass is 378 g/mol. The van der Waals surface area contributed by atoms with Gasteiger partial charge in [-0.25, -0.2) is 4.98 Å². The highest BCUT2D eigenvalue weighted by atomic mass is 35.5. The molecule has 0 saturated heterocycles. The van der Waals surface area contributed by atoms with Crippen molar-refractivity contribution in [3.8, 4) is 0 Å². The smallest absolute Gasteiger partial charge is 0.260 e. The number of hydrogen-bond donors (Lipinski definition) is 0. The van der Waals surface area contributed by atoms with Crippen molar-refractivity contribution in [3.63, 3.8) is 0 Å². The fourth-order valence-electron chi connectivity index (χ4n) is 2.72. The number of nitrogens with zero attached hydrogens (tertiary/aromatic N) is 2. The molecule has 0 spiro atoms. The van der Waals surface area contributed by atoms with Crippen LogP contribution in [0.3, 0.4) is 0 Å². The summed E-state index contributed by atoms with van der Waals surface area (Å²) in [6, 6.07) is 24.8. The van der Waals surface area contributed by atoms with Gasteiger partial charge in [0, 0.05) is 10.6 Å². The molecule has 0 unspecified atom stereocenters. The summed E-state index contributed by atoms with van der Waals surface area (Å²) in [5.74, 6) is -0.0930. The lowest BCUT2D eigenvalue weighted by Crippen LogP contribution is -2.30. The van der Waals surface area contributed by atoms with Gasteiger partial charge in [-0.15, -0.1) is 0 Å². The number of benzene rings is 3. The minimum Gasteiger partial charge on any atom is -0.279 e. The lowest BCUT2D eigenvalue weighted by Gasteiger charge is -2.20. The molecule has 1 aromatic heterocycles. The van der Waals surface area contributed by atoms with Crippen LogP contribution < -0.4 is 4.90 Å². The summed E-state index contributed by atoms with van der Waals surface area (Å²) >= 11 is 7.48. The van der Waals surface area contributed by atoms with Gasteiger partial charge < -0.3 is 0 Å². The largest absolute Gasteiger partial charge is 0.279 e. The molecule has 0 saturated carbocycles. The van der Waals surface area contributed by atoms with Crippen LogP contribution >= 0.6 is 22.9 Å². The number of thiazole rings is 1. The van der Waals surface area contributed by atoms with Crippen molar-refractivity contribution in [2.45, 2.75) is 6.54 Å². The molecule has 1 amide bonds. The van der Waals surface area contributed by atoms with Crippen LogP contribution in [0.15, 0.2) is 78.9 Å². The summed E-state index contributed by atoms with van der Waals surface area (Å²) < 4.78 is 1.06. The summed E-state index contributed by atoms with van der Waals surface area (Å²) in [6.07, 6.45) is 0. The quantitative estimate of drug-likeness (QED) is 0.449. The Bertz CT molecular complexity index is 1010. The summed E-state index contributed by atoms with van der Waals surface area (Å²) in [4.78, 5) is 19.6. The molecule has 1 heterocycles. The van der Waals surface area contributed by atoms with Crippen LogP contribution in [-0.4, -0.2) is 10.9 Å². The molecule has 26 heavy (non-hydrogen) atoms. The molecule has 0 fully saturated rings. The van der Waals surface area contributed by atoms with Gasteiger partial charge >= 0.3 is 0 Å². The van der Waals surface area contributed by atoms with Gasteiger partial charge in [-0.2, -0.15) is 0 Å². The third-order valence-corrected chi connectivity index (χ3v) is 5.34. The highest BCUT2D eigenvalue weighted by Crippen LogP contribution is 2.30. The van der Waals surface area contributed by atoms with Crippen molar-refractivity contribution in [3.05, 3.63) is 95.0 Å². The van der Waals surface area contributed by atoms with E-state index in [2.05, 4.69) is 4.98 Å². The predicted octanol–water partition coefficient (Wildman–Crippen LogP) is 5.80. The second-order valence-electron chi connectivity index (χ2n) is 5.85. The SMILES string of the molecule is O=C(c1ccc(Cl)cc1)N(Cc1ccccc1)c1nc2ccccc2s1. The fourth-order valence-corrected chi connectivity index (χ4v) is 3.81. The molecular formula is C21H15ClN2OS. The maximum absolute atomic E-state index is 13.2. The first-order valence-corrected chi connectivity index (χ1v) is 9.37. The Kier molecular flexibility index (Phi) is 4.69. The number of amides is 1. The number of para-hydroxylation sites is 1.